The van der Waals surface area contributed by atoms with Crippen molar-refractivity contribution in [3.05, 3.63) is 71.0 Å². The van der Waals surface area contributed by atoms with Crippen LogP contribution in [-0.2, 0) is 24.4 Å². The summed E-state index contributed by atoms with van der Waals surface area (Å²) in [6.45, 7) is 5.35. The molecule has 29 heavy (non-hydrogen) atoms. The van der Waals surface area contributed by atoms with E-state index in [1.165, 1.54) is 12.1 Å². The van der Waals surface area contributed by atoms with E-state index in [0.717, 1.165) is 36.2 Å². The van der Waals surface area contributed by atoms with Gasteiger partial charge < -0.3 is 15.5 Å². The molecule has 1 heterocycles. The summed E-state index contributed by atoms with van der Waals surface area (Å²) in [5, 5.41) is 6.51. The number of amides is 1. The fourth-order valence-electron chi connectivity index (χ4n) is 3.19. The number of likely N-dealkylation sites (tertiary alicyclic amines) is 1. The van der Waals surface area contributed by atoms with Crippen LogP contribution in [0.15, 0.2) is 53.5 Å². The Kier molecular flexibility index (Phi) is 9.37. The number of aliphatic imine (C=N–C) groups is 1. The molecule has 1 saturated heterocycles. The van der Waals surface area contributed by atoms with E-state index >= 15 is 0 Å². The molecule has 5 nitrogen and oxygen atoms in total. The summed E-state index contributed by atoms with van der Waals surface area (Å²) >= 11 is 0. The first-order chi connectivity index (χ1) is 13.6. The summed E-state index contributed by atoms with van der Waals surface area (Å²) in [4.78, 5) is 18.2. The van der Waals surface area contributed by atoms with Gasteiger partial charge in [-0.2, -0.15) is 0 Å². The first-order valence-electron chi connectivity index (χ1n) is 9.76. The summed E-state index contributed by atoms with van der Waals surface area (Å²) in [5.41, 5.74) is 3.11. The minimum absolute atomic E-state index is 0. The Morgan fingerprint density at radius 1 is 1.10 bits per heavy atom. The lowest BCUT2D eigenvalue weighted by molar-refractivity contribution is -0.128. The number of hydrogen-bond acceptors (Lipinski definition) is 2. The quantitative estimate of drug-likeness (QED) is 0.339. The number of carbonyl (C=O) groups excluding carboxylic acids is 1. The number of carbonyl (C=O) groups is 1. The number of rotatable bonds is 7. The number of nitrogens with one attached hydrogen (secondary N) is 2. The second-order valence-corrected chi connectivity index (χ2v) is 6.91. The van der Waals surface area contributed by atoms with Crippen LogP contribution in [0.3, 0.4) is 0 Å². The van der Waals surface area contributed by atoms with Crippen LogP contribution >= 0.6 is 24.0 Å². The van der Waals surface area contributed by atoms with Crippen LogP contribution < -0.4 is 10.6 Å². The van der Waals surface area contributed by atoms with Crippen molar-refractivity contribution in [3.63, 3.8) is 0 Å². The molecule has 1 aliphatic rings. The number of halogens is 2. The molecule has 156 valence electrons. The zero-order valence-electron chi connectivity index (χ0n) is 16.7. The Morgan fingerprint density at radius 3 is 2.52 bits per heavy atom. The Labute approximate surface area is 188 Å². The molecule has 0 radical (unpaired) electrons. The van der Waals surface area contributed by atoms with E-state index in [4.69, 9.17) is 0 Å². The number of hydrogen-bond donors (Lipinski definition) is 2. The smallest absolute Gasteiger partial charge is 0.222 e. The predicted octanol–water partition coefficient (Wildman–Crippen LogP) is 3.82. The van der Waals surface area contributed by atoms with Crippen molar-refractivity contribution in [1.29, 1.82) is 0 Å². The molecule has 0 spiro atoms. The molecule has 0 unspecified atom stereocenters. The molecule has 1 fully saturated rings. The minimum atomic E-state index is -0.249. The van der Waals surface area contributed by atoms with Gasteiger partial charge in [-0.05, 0) is 42.2 Å². The van der Waals surface area contributed by atoms with Gasteiger partial charge in [-0.1, -0.05) is 36.4 Å². The van der Waals surface area contributed by atoms with E-state index in [0.29, 0.717) is 32.0 Å². The second-order valence-electron chi connectivity index (χ2n) is 6.91. The van der Waals surface area contributed by atoms with Gasteiger partial charge in [0.2, 0.25) is 5.91 Å². The SMILES string of the molecule is CCNC(=NCc1cccc(F)c1)NCc1ccc(CN2CCCC2=O)cc1.I. The number of benzene rings is 2. The summed E-state index contributed by atoms with van der Waals surface area (Å²) in [6.07, 6.45) is 1.63. The average Bonchev–Trinajstić information content (AvgIpc) is 3.10. The van der Waals surface area contributed by atoms with E-state index in [-0.39, 0.29) is 35.7 Å². The maximum absolute atomic E-state index is 13.3. The van der Waals surface area contributed by atoms with Crippen LogP contribution in [0.4, 0.5) is 4.39 Å². The molecule has 0 aromatic heterocycles. The van der Waals surface area contributed by atoms with Crippen LogP contribution in [0.1, 0.15) is 36.5 Å². The van der Waals surface area contributed by atoms with Gasteiger partial charge >= 0.3 is 0 Å². The van der Waals surface area contributed by atoms with Gasteiger partial charge in [-0.25, -0.2) is 9.38 Å². The number of nitrogens with zero attached hydrogens (tertiary/aromatic N) is 2. The standard InChI is InChI=1S/C22H27FN4O.HI/c1-2-24-22(26-15-19-5-3-6-20(23)13-19)25-14-17-8-10-18(11-9-17)16-27-12-4-7-21(27)28;/h3,5-6,8-11,13H,2,4,7,12,14-16H2,1H3,(H2,24,25,26);1H. The zero-order chi connectivity index (χ0) is 19.8. The van der Waals surface area contributed by atoms with Crippen molar-refractivity contribution < 1.29 is 9.18 Å². The lowest BCUT2D eigenvalue weighted by Crippen LogP contribution is -2.36. The molecule has 0 bridgehead atoms. The Bertz CT molecular complexity index is 826. The van der Waals surface area contributed by atoms with Crippen molar-refractivity contribution in [1.82, 2.24) is 15.5 Å². The molecule has 7 heteroatoms. The van der Waals surface area contributed by atoms with Gasteiger partial charge in [0.05, 0.1) is 6.54 Å². The molecule has 0 atom stereocenters. The normalized spacial score (nSPS) is 13.9. The van der Waals surface area contributed by atoms with Crippen LogP contribution in [0.25, 0.3) is 0 Å². The van der Waals surface area contributed by atoms with Crippen molar-refractivity contribution in [2.75, 3.05) is 13.1 Å². The maximum Gasteiger partial charge on any atom is 0.222 e. The predicted molar refractivity (Wildman–Crippen MR) is 125 cm³/mol. The molecule has 2 aromatic carbocycles. The molecular formula is C22H28FIN4O. The zero-order valence-corrected chi connectivity index (χ0v) is 19.0. The molecular weight excluding hydrogens is 482 g/mol. The minimum Gasteiger partial charge on any atom is -0.357 e. The third kappa shape index (κ3) is 7.30. The monoisotopic (exact) mass is 510 g/mol. The highest BCUT2D eigenvalue weighted by molar-refractivity contribution is 14.0. The largest absolute Gasteiger partial charge is 0.357 e. The maximum atomic E-state index is 13.3. The third-order valence-corrected chi connectivity index (χ3v) is 4.68. The summed E-state index contributed by atoms with van der Waals surface area (Å²) in [7, 11) is 0. The highest BCUT2D eigenvalue weighted by Crippen LogP contribution is 2.14. The van der Waals surface area contributed by atoms with Crippen molar-refractivity contribution in [2.24, 2.45) is 4.99 Å². The van der Waals surface area contributed by atoms with Crippen molar-refractivity contribution in [3.8, 4) is 0 Å². The van der Waals surface area contributed by atoms with Gasteiger partial charge in [-0.3, -0.25) is 4.79 Å². The van der Waals surface area contributed by atoms with E-state index in [2.05, 4.69) is 39.9 Å². The molecule has 0 aliphatic carbocycles. The van der Waals surface area contributed by atoms with Crippen LogP contribution in [0.5, 0.6) is 0 Å². The van der Waals surface area contributed by atoms with E-state index in [9.17, 15) is 9.18 Å². The first-order valence-corrected chi connectivity index (χ1v) is 9.76. The molecule has 0 saturated carbocycles. The summed E-state index contributed by atoms with van der Waals surface area (Å²) in [6, 6.07) is 14.8. The van der Waals surface area contributed by atoms with Gasteiger partial charge in [0.1, 0.15) is 5.82 Å². The summed E-state index contributed by atoms with van der Waals surface area (Å²) < 4.78 is 13.3. The Hall–Kier alpha value is -2.16. The molecule has 3 rings (SSSR count). The van der Waals surface area contributed by atoms with Crippen LogP contribution in [-0.4, -0.2) is 29.9 Å². The lowest BCUT2D eigenvalue weighted by Gasteiger charge is -2.16. The van der Waals surface area contributed by atoms with Gasteiger partial charge in [0.15, 0.2) is 5.96 Å². The molecule has 2 N–H and O–H groups in total. The summed E-state index contributed by atoms with van der Waals surface area (Å²) in [5.74, 6) is 0.690. The van der Waals surface area contributed by atoms with Gasteiger partial charge in [0, 0.05) is 32.6 Å². The highest BCUT2D eigenvalue weighted by Gasteiger charge is 2.19. The van der Waals surface area contributed by atoms with Crippen molar-refractivity contribution in [2.45, 2.75) is 39.4 Å². The van der Waals surface area contributed by atoms with E-state index in [1.807, 2.05) is 17.9 Å². The van der Waals surface area contributed by atoms with Gasteiger partial charge in [-0.15, -0.1) is 24.0 Å². The van der Waals surface area contributed by atoms with Crippen LogP contribution in [0, 0.1) is 5.82 Å². The topological polar surface area (TPSA) is 56.7 Å². The molecule has 1 aliphatic heterocycles. The fourth-order valence-corrected chi connectivity index (χ4v) is 3.19. The fraction of sp³-hybridized carbons (Fsp3) is 0.364. The van der Waals surface area contributed by atoms with Crippen molar-refractivity contribution >= 4 is 35.8 Å². The molecule has 2 aromatic rings. The van der Waals surface area contributed by atoms with Gasteiger partial charge in [0.25, 0.3) is 0 Å². The number of guanidine groups is 1. The second kappa shape index (κ2) is 11.7. The Balaban J connectivity index is 0.00000300. The van der Waals surface area contributed by atoms with E-state index in [1.54, 1.807) is 6.07 Å². The highest BCUT2D eigenvalue weighted by atomic mass is 127. The van der Waals surface area contributed by atoms with Crippen LogP contribution in [0.2, 0.25) is 0 Å². The molecule has 1 amide bonds. The van der Waals surface area contributed by atoms with E-state index < -0.39 is 0 Å². The Morgan fingerprint density at radius 2 is 1.86 bits per heavy atom. The average molecular weight is 510 g/mol. The first kappa shape index (κ1) is 23.1. The lowest BCUT2D eigenvalue weighted by atomic mass is 10.1. The third-order valence-electron chi connectivity index (χ3n) is 4.68.